The van der Waals surface area contributed by atoms with E-state index in [1.807, 2.05) is 0 Å². The van der Waals surface area contributed by atoms with Gasteiger partial charge in [-0.15, -0.1) is 0 Å². The molecular formula is C17H27N3O5S. The molecule has 0 aliphatic carbocycles. The second kappa shape index (κ2) is 10.1. The zero-order valence-electron chi connectivity index (χ0n) is 15.5. The molecule has 0 saturated carbocycles. The van der Waals surface area contributed by atoms with Crippen LogP contribution >= 0.6 is 0 Å². The van der Waals surface area contributed by atoms with E-state index in [0.29, 0.717) is 12.5 Å². The van der Waals surface area contributed by atoms with Gasteiger partial charge in [0.25, 0.3) is 5.69 Å². The summed E-state index contributed by atoms with van der Waals surface area (Å²) in [5.74, 6) is -0.0831. The number of nitro benzene ring substituents is 1. The lowest BCUT2D eigenvalue weighted by Crippen LogP contribution is -2.41. The van der Waals surface area contributed by atoms with Crippen molar-refractivity contribution in [3.63, 3.8) is 0 Å². The van der Waals surface area contributed by atoms with Gasteiger partial charge in [0.1, 0.15) is 6.54 Å². The van der Waals surface area contributed by atoms with Crippen LogP contribution in [0.5, 0.6) is 0 Å². The van der Waals surface area contributed by atoms with Crippen LogP contribution in [0.2, 0.25) is 0 Å². The minimum absolute atomic E-state index is 0.0925. The summed E-state index contributed by atoms with van der Waals surface area (Å²) in [6.07, 6.45) is 5.07. The van der Waals surface area contributed by atoms with E-state index < -0.39 is 27.4 Å². The van der Waals surface area contributed by atoms with Crippen molar-refractivity contribution < 1.29 is 18.1 Å². The van der Waals surface area contributed by atoms with E-state index in [2.05, 4.69) is 19.2 Å². The minimum Gasteiger partial charge on any atom is -0.354 e. The van der Waals surface area contributed by atoms with Crippen molar-refractivity contribution in [2.45, 2.75) is 39.5 Å². The summed E-state index contributed by atoms with van der Waals surface area (Å²) < 4.78 is 25.0. The van der Waals surface area contributed by atoms with Crippen LogP contribution in [0.4, 0.5) is 11.4 Å². The number of nitro groups is 1. The molecule has 0 aliphatic heterocycles. The van der Waals surface area contributed by atoms with Crippen molar-refractivity contribution >= 4 is 27.3 Å². The monoisotopic (exact) mass is 385 g/mol. The quantitative estimate of drug-likeness (QED) is 0.465. The summed E-state index contributed by atoms with van der Waals surface area (Å²) in [4.78, 5) is 22.5. The van der Waals surface area contributed by atoms with Gasteiger partial charge in [0.2, 0.25) is 15.9 Å². The van der Waals surface area contributed by atoms with Crippen LogP contribution in [-0.2, 0) is 14.8 Å². The zero-order chi connectivity index (χ0) is 19.7. The number of amides is 1. The van der Waals surface area contributed by atoms with E-state index >= 15 is 0 Å². The molecule has 1 atom stereocenters. The van der Waals surface area contributed by atoms with Gasteiger partial charge in [0.15, 0.2) is 0 Å². The highest BCUT2D eigenvalue weighted by Gasteiger charge is 2.22. The first-order valence-corrected chi connectivity index (χ1v) is 10.5. The maximum atomic E-state index is 12.2. The van der Waals surface area contributed by atoms with E-state index in [1.54, 1.807) is 0 Å². The Bertz CT molecular complexity index is 721. The third kappa shape index (κ3) is 6.99. The largest absolute Gasteiger partial charge is 0.354 e. The molecule has 0 bridgehead atoms. The Morgan fingerprint density at radius 3 is 2.58 bits per heavy atom. The van der Waals surface area contributed by atoms with Gasteiger partial charge in [-0.3, -0.25) is 19.2 Å². The lowest BCUT2D eigenvalue weighted by atomic mass is 9.99. The number of anilines is 1. The average Bonchev–Trinajstić information content (AvgIpc) is 2.59. The molecule has 0 aliphatic rings. The van der Waals surface area contributed by atoms with Gasteiger partial charge in [0, 0.05) is 18.7 Å². The summed E-state index contributed by atoms with van der Waals surface area (Å²) in [6, 6.07) is 5.23. The van der Waals surface area contributed by atoms with E-state index in [4.69, 9.17) is 0 Å². The van der Waals surface area contributed by atoms with Crippen LogP contribution in [0.3, 0.4) is 0 Å². The van der Waals surface area contributed by atoms with E-state index in [1.165, 1.54) is 18.2 Å². The summed E-state index contributed by atoms with van der Waals surface area (Å²) in [7, 11) is -3.76. The summed E-state index contributed by atoms with van der Waals surface area (Å²) in [6.45, 7) is 4.23. The number of unbranched alkanes of at least 4 members (excludes halogenated alkanes) is 1. The van der Waals surface area contributed by atoms with Crippen molar-refractivity contribution in [1.82, 2.24) is 5.32 Å². The molecule has 0 spiro atoms. The number of hydrogen-bond acceptors (Lipinski definition) is 5. The second-order valence-corrected chi connectivity index (χ2v) is 8.17. The van der Waals surface area contributed by atoms with Crippen molar-refractivity contribution in [2.75, 3.05) is 23.7 Å². The first-order valence-electron chi connectivity index (χ1n) is 8.67. The molecule has 1 aromatic rings. The molecule has 146 valence electrons. The van der Waals surface area contributed by atoms with Crippen molar-refractivity contribution in [3.05, 3.63) is 34.4 Å². The first-order chi connectivity index (χ1) is 12.2. The van der Waals surface area contributed by atoms with Gasteiger partial charge < -0.3 is 5.32 Å². The van der Waals surface area contributed by atoms with Gasteiger partial charge in [-0.2, -0.15) is 0 Å². The van der Waals surface area contributed by atoms with E-state index in [0.717, 1.165) is 42.3 Å². The molecule has 1 amide bonds. The standard InChI is InChI=1S/C17H27N3O5S/c1-4-6-8-14(5-2)12-18-17(21)13-19(26(3,24)25)15-9-7-10-16(11-15)20(22)23/h7,9-11,14H,4-6,8,12-13H2,1-3H3,(H,18,21). The molecule has 0 heterocycles. The Hall–Kier alpha value is -2.16. The van der Waals surface area contributed by atoms with Crippen LogP contribution in [0.15, 0.2) is 24.3 Å². The molecule has 0 fully saturated rings. The smallest absolute Gasteiger partial charge is 0.271 e. The Labute approximate surface area is 154 Å². The predicted octanol–water partition coefficient (Wildman–Crippen LogP) is 2.69. The fourth-order valence-corrected chi connectivity index (χ4v) is 3.40. The topological polar surface area (TPSA) is 110 Å². The van der Waals surface area contributed by atoms with Crippen molar-refractivity contribution in [2.24, 2.45) is 5.92 Å². The Morgan fingerprint density at radius 2 is 2.04 bits per heavy atom. The molecule has 1 aromatic carbocycles. The minimum atomic E-state index is -3.76. The molecule has 26 heavy (non-hydrogen) atoms. The van der Waals surface area contributed by atoms with Gasteiger partial charge in [-0.1, -0.05) is 39.2 Å². The highest BCUT2D eigenvalue weighted by atomic mass is 32.2. The Balaban J connectivity index is 2.84. The molecule has 0 radical (unpaired) electrons. The Morgan fingerprint density at radius 1 is 1.35 bits per heavy atom. The predicted molar refractivity (Wildman–Crippen MR) is 102 cm³/mol. The Kier molecular flexibility index (Phi) is 8.50. The molecule has 0 saturated heterocycles. The number of non-ortho nitro benzene ring substituents is 1. The lowest BCUT2D eigenvalue weighted by molar-refractivity contribution is -0.384. The fourth-order valence-electron chi connectivity index (χ4n) is 2.55. The maximum Gasteiger partial charge on any atom is 0.271 e. The normalized spacial score (nSPS) is 12.4. The van der Waals surface area contributed by atoms with E-state index in [9.17, 15) is 23.3 Å². The number of carbonyl (C=O) groups excluding carboxylic acids is 1. The number of nitrogens with zero attached hydrogens (tertiary/aromatic N) is 2. The lowest BCUT2D eigenvalue weighted by Gasteiger charge is -2.22. The SMILES string of the molecule is CCCCC(CC)CNC(=O)CN(c1cccc([N+](=O)[O-])c1)S(C)(=O)=O. The van der Waals surface area contributed by atoms with Crippen molar-refractivity contribution in [1.29, 1.82) is 0 Å². The van der Waals surface area contributed by atoms with Crippen LogP contribution in [0.25, 0.3) is 0 Å². The summed E-state index contributed by atoms with van der Waals surface area (Å²) in [5.41, 5.74) is -0.142. The van der Waals surface area contributed by atoms with Crippen LogP contribution in [-0.4, -0.2) is 38.6 Å². The summed E-state index contributed by atoms with van der Waals surface area (Å²) in [5, 5.41) is 13.7. The summed E-state index contributed by atoms with van der Waals surface area (Å²) >= 11 is 0. The third-order valence-electron chi connectivity index (χ3n) is 4.15. The number of hydrogen-bond donors (Lipinski definition) is 1. The number of carbonyl (C=O) groups is 1. The third-order valence-corrected chi connectivity index (χ3v) is 5.29. The average molecular weight is 385 g/mol. The zero-order valence-corrected chi connectivity index (χ0v) is 16.3. The highest BCUT2D eigenvalue weighted by molar-refractivity contribution is 7.92. The first kappa shape index (κ1) is 21.9. The molecule has 8 nitrogen and oxygen atoms in total. The molecule has 1 N–H and O–H groups in total. The van der Waals surface area contributed by atoms with Crippen LogP contribution < -0.4 is 9.62 Å². The van der Waals surface area contributed by atoms with E-state index in [-0.39, 0.29) is 11.4 Å². The number of rotatable bonds is 11. The molecule has 0 aromatic heterocycles. The number of sulfonamides is 1. The van der Waals surface area contributed by atoms with Gasteiger partial charge in [-0.05, 0) is 18.4 Å². The number of benzene rings is 1. The highest BCUT2D eigenvalue weighted by Crippen LogP contribution is 2.23. The van der Waals surface area contributed by atoms with Crippen LogP contribution in [0, 0.1) is 16.0 Å². The molecular weight excluding hydrogens is 358 g/mol. The molecule has 1 unspecified atom stereocenters. The van der Waals surface area contributed by atoms with Gasteiger partial charge in [-0.25, -0.2) is 8.42 Å². The number of nitrogens with one attached hydrogen (secondary N) is 1. The molecule has 9 heteroatoms. The fraction of sp³-hybridized carbons (Fsp3) is 0.588. The van der Waals surface area contributed by atoms with Crippen molar-refractivity contribution in [3.8, 4) is 0 Å². The van der Waals surface area contributed by atoms with Gasteiger partial charge in [0.05, 0.1) is 16.9 Å². The van der Waals surface area contributed by atoms with Crippen LogP contribution in [0.1, 0.15) is 39.5 Å². The maximum absolute atomic E-state index is 12.2. The molecule has 1 rings (SSSR count). The van der Waals surface area contributed by atoms with Gasteiger partial charge >= 0.3 is 0 Å². The second-order valence-electron chi connectivity index (χ2n) is 6.27.